The van der Waals surface area contributed by atoms with Crippen LogP contribution in [0.1, 0.15) is 13.3 Å². The van der Waals surface area contributed by atoms with Crippen LogP contribution in [0.5, 0.6) is 5.75 Å². The first-order chi connectivity index (χ1) is 11.2. The summed E-state index contributed by atoms with van der Waals surface area (Å²) >= 11 is 0. The smallest absolute Gasteiger partial charge is 0.311 e. The SMILES string of the molecule is CCC(=O)Oc1c(N)cccc1Nc1nccc2cnccc12. The van der Waals surface area contributed by atoms with Gasteiger partial charge in [0.2, 0.25) is 0 Å². The average molecular weight is 308 g/mol. The molecule has 0 atom stereocenters. The lowest BCUT2D eigenvalue weighted by Gasteiger charge is -2.14. The van der Waals surface area contributed by atoms with Gasteiger partial charge >= 0.3 is 5.97 Å². The molecule has 0 bridgehead atoms. The molecule has 0 aliphatic heterocycles. The third kappa shape index (κ3) is 3.06. The number of para-hydroxylation sites is 1. The largest absolute Gasteiger partial charge is 0.422 e. The Kier molecular flexibility index (Phi) is 4.05. The van der Waals surface area contributed by atoms with Gasteiger partial charge in [0.15, 0.2) is 5.75 Å². The van der Waals surface area contributed by atoms with Crippen LogP contribution in [0.2, 0.25) is 0 Å². The minimum atomic E-state index is -0.346. The number of hydrogen-bond acceptors (Lipinski definition) is 6. The Bertz CT molecular complexity index is 859. The number of esters is 1. The number of benzene rings is 1. The normalized spacial score (nSPS) is 10.5. The molecule has 3 N–H and O–H groups in total. The Morgan fingerprint density at radius 1 is 1.26 bits per heavy atom. The van der Waals surface area contributed by atoms with E-state index in [0.29, 0.717) is 22.9 Å². The average Bonchev–Trinajstić information content (AvgIpc) is 2.58. The number of rotatable bonds is 4. The Morgan fingerprint density at radius 2 is 2.13 bits per heavy atom. The van der Waals surface area contributed by atoms with E-state index < -0.39 is 0 Å². The highest BCUT2D eigenvalue weighted by atomic mass is 16.5. The minimum Gasteiger partial charge on any atom is -0.422 e. The maximum atomic E-state index is 11.6. The van der Waals surface area contributed by atoms with E-state index in [1.807, 2.05) is 12.1 Å². The second kappa shape index (κ2) is 6.31. The van der Waals surface area contributed by atoms with Gasteiger partial charge in [-0.15, -0.1) is 0 Å². The molecule has 0 saturated carbocycles. The molecule has 116 valence electrons. The van der Waals surface area contributed by atoms with Crippen LogP contribution >= 0.6 is 0 Å². The van der Waals surface area contributed by atoms with Crippen LogP contribution in [0.4, 0.5) is 17.2 Å². The van der Waals surface area contributed by atoms with E-state index in [1.165, 1.54) is 0 Å². The Labute approximate surface area is 133 Å². The molecule has 0 radical (unpaired) electrons. The number of hydrogen-bond donors (Lipinski definition) is 2. The van der Waals surface area contributed by atoms with Crippen LogP contribution in [0.3, 0.4) is 0 Å². The molecule has 0 spiro atoms. The Balaban J connectivity index is 2.02. The van der Waals surface area contributed by atoms with Gasteiger partial charge < -0.3 is 15.8 Å². The van der Waals surface area contributed by atoms with Crippen molar-refractivity contribution in [2.75, 3.05) is 11.1 Å². The van der Waals surface area contributed by atoms with Crippen LogP contribution in [-0.4, -0.2) is 15.9 Å². The highest BCUT2D eigenvalue weighted by Crippen LogP contribution is 2.34. The second-order valence-corrected chi connectivity index (χ2v) is 4.93. The zero-order valence-electron chi connectivity index (χ0n) is 12.6. The molecule has 0 saturated heterocycles. The van der Waals surface area contributed by atoms with Crippen molar-refractivity contribution in [3.05, 3.63) is 48.9 Å². The van der Waals surface area contributed by atoms with E-state index in [-0.39, 0.29) is 12.4 Å². The van der Waals surface area contributed by atoms with Crippen molar-refractivity contribution in [3.63, 3.8) is 0 Å². The van der Waals surface area contributed by atoms with Crippen molar-refractivity contribution in [1.82, 2.24) is 9.97 Å². The third-order valence-electron chi connectivity index (χ3n) is 3.37. The standard InChI is InChI=1S/C17H16N4O2/c1-2-15(22)23-16-13(18)4-3-5-14(16)21-17-12-7-8-19-10-11(12)6-9-20-17/h3-10H,2,18H2,1H3,(H,20,21). The van der Waals surface area contributed by atoms with E-state index in [4.69, 9.17) is 10.5 Å². The number of fused-ring (bicyclic) bond motifs is 1. The molecule has 6 nitrogen and oxygen atoms in total. The van der Waals surface area contributed by atoms with Gasteiger partial charge in [0.25, 0.3) is 0 Å². The lowest BCUT2D eigenvalue weighted by molar-refractivity contribution is -0.133. The fourth-order valence-corrected chi connectivity index (χ4v) is 2.20. The molecule has 0 aliphatic carbocycles. The third-order valence-corrected chi connectivity index (χ3v) is 3.37. The number of nitrogens with one attached hydrogen (secondary N) is 1. The predicted molar refractivity (Wildman–Crippen MR) is 89.6 cm³/mol. The van der Waals surface area contributed by atoms with Crippen molar-refractivity contribution in [2.24, 2.45) is 0 Å². The number of aromatic nitrogens is 2. The molecule has 3 rings (SSSR count). The molecule has 6 heteroatoms. The first-order valence-corrected chi connectivity index (χ1v) is 7.24. The van der Waals surface area contributed by atoms with E-state index in [9.17, 15) is 4.79 Å². The molecule has 2 heterocycles. The number of nitrogens with zero attached hydrogens (tertiary/aromatic N) is 2. The fourth-order valence-electron chi connectivity index (χ4n) is 2.20. The van der Waals surface area contributed by atoms with Gasteiger partial charge in [-0.1, -0.05) is 13.0 Å². The first kappa shape index (κ1) is 14.8. The number of ether oxygens (including phenoxy) is 1. The van der Waals surface area contributed by atoms with Gasteiger partial charge in [0.1, 0.15) is 5.82 Å². The molecule has 0 aliphatic rings. The number of nitrogen functional groups attached to an aromatic ring is 1. The van der Waals surface area contributed by atoms with E-state index >= 15 is 0 Å². The summed E-state index contributed by atoms with van der Waals surface area (Å²) in [4.78, 5) is 20.1. The molecule has 23 heavy (non-hydrogen) atoms. The zero-order chi connectivity index (χ0) is 16.2. The van der Waals surface area contributed by atoms with Crippen molar-refractivity contribution in [1.29, 1.82) is 0 Å². The number of pyridine rings is 2. The summed E-state index contributed by atoms with van der Waals surface area (Å²) in [6, 6.07) is 9.01. The van der Waals surface area contributed by atoms with Crippen LogP contribution in [-0.2, 0) is 4.79 Å². The fraction of sp³-hybridized carbons (Fsp3) is 0.118. The summed E-state index contributed by atoms with van der Waals surface area (Å²) in [7, 11) is 0. The van der Waals surface area contributed by atoms with Crippen molar-refractivity contribution >= 4 is 33.9 Å². The van der Waals surface area contributed by atoms with Gasteiger partial charge in [-0.2, -0.15) is 0 Å². The van der Waals surface area contributed by atoms with Crippen LogP contribution in [0.15, 0.2) is 48.9 Å². The van der Waals surface area contributed by atoms with Gasteiger partial charge in [0, 0.05) is 35.8 Å². The zero-order valence-corrected chi connectivity index (χ0v) is 12.6. The predicted octanol–water partition coefficient (Wildman–Crippen LogP) is 3.27. The lowest BCUT2D eigenvalue weighted by atomic mass is 10.2. The summed E-state index contributed by atoms with van der Waals surface area (Å²) < 4.78 is 5.34. The molecule has 3 aromatic rings. The maximum Gasteiger partial charge on any atom is 0.311 e. The molecule has 0 unspecified atom stereocenters. The van der Waals surface area contributed by atoms with Crippen molar-refractivity contribution in [3.8, 4) is 5.75 Å². The van der Waals surface area contributed by atoms with Crippen LogP contribution < -0.4 is 15.8 Å². The minimum absolute atomic E-state index is 0.270. The van der Waals surface area contributed by atoms with E-state index in [1.54, 1.807) is 43.7 Å². The van der Waals surface area contributed by atoms with Crippen molar-refractivity contribution < 1.29 is 9.53 Å². The van der Waals surface area contributed by atoms with Crippen LogP contribution in [0, 0.1) is 0 Å². The number of anilines is 3. The van der Waals surface area contributed by atoms with Gasteiger partial charge in [-0.25, -0.2) is 4.98 Å². The molecule has 0 fully saturated rings. The topological polar surface area (TPSA) is 90.1 Å². The summed E-state index contributed by atoms with van der Waals surface area (Å²) in [6.07, 6.45) is 5.43. The van der Waals surface area contributed by atoms with Gasteiger partial charge in [-0.05, 0) is 24.3 Å². The molecule has 1 aromatic carbocycles. The summed E-state index contributed by atoms with van der Waals surface area (Å²) in [6.45, 7) is 1.73. The first-order valence-electron chi connectivity index (χ1n) is 7.24. The van der Waals surface area contributed by atoms with Gasteiger partial charge in [-0.3, -0.25) is 9.78 Å². The Hall–Kier alpha value is -3.15. The second-order valence-electron chi connectivity index (χ2n) is 4.93. The van der Waals surface area contributed by atoms with Crippen molar-refractivity contribution in [2.45, 2.75) is 13.3 Å². The molecule has 0 amide bonds. The molecular formula is C17H16N4O2. The highest BCUT2D eigenvalue weighted by Gasteiger charge is 2.13. The lowest BCUT2D eigenvalue weighted by Crippen LogP contribution is -2.09. The van der Waals surface area contributed by atoms with E-state index in [2.05, 4.69) is 15.3 Å². The monoisotopic (exact) mass is 308 g/mol. The number of carbonyl (C=O) groups excluding carboxylic acids is 1. The van der Waals surface area contributed by atoms with E-state index in [0.717, 1.165) is 10.8 Å². The Morgan fingerprint density at radius 3 is 2.96 bits per heavy atom. The number of nitrogens with two attached hydrogens (primary N) is 1. The van der Waals surface area contributed by atoms with Crippen LogP contribution in [0.25, 0.3) is 10.8 Å². The quantitative estimate of drug-likeness (QED) is 0.437. The van der Waals surface area contributed by atoms with Gasteiger partial charge in [0.05, 0.1) is 11.4 Å². The highest BCUT2D eigenvalue weighted by molar-refractivity contribution is 5.93. The molecular weight excluding hydrogens is 292 g/mol. The molecule has 2 aromatic heterocycles. The summed E-state index contributed by atoms with van der Waals surface area (Å²) in [5.74, 6) is 0.609. The summed E-state index contributed by atoms with van der Waals surface area (Å²) in [5, 5.41) is 5.06. The number of carbonyl (C=O) groups is 1. The summed E-state index contributed by atoms with van der Waals surface area (Å²) in [5.41, 5.74) is 6.92. The maximum absolute atomic E-state index is 11.6.